The quantitative estimate of drug-likeness (QED) is 0.741. The maximum absolute atomic E-state index is 11.9. The van der Waals surface area contributed by atoms with E-state index < -0.39 is 14.8 Å². The fraction of sp³-hybridized carbons (Fsp3) is 0.818. The average molecular weight is 231 g/mol. The largest absolute Gasteiger partial charge is 0.217 e. The standard InChI is InChI=1S/C11H21NO2S/c1-9-7-5-6-8-10(9)12-15(13,14)11(2,3)4/h10,12H,1,5-8H2,2-4H3. The van der Waals surface area contributed by atoms with Crippen LogP contribution < -0.4 is 4.72 Å². The molecule has 4 heteroatoms. The zero-order valence-corrected chi connectivity index (χ0v) is 10.7. The lowest BCUT2D eigenvalue weighted by molar-refractivity contribution is 0.482. The molecule has 1 fully saturated rings. The number of nitrogens with one attached hydrogen (secondary N) is 1. The minimum Gasteiger partial charge on any atom is -0.212 e. The third-order valence-corrected chi connectivity index (χ3v) is 5.04. The van der Waals surface area contributed by atoms with Crippen molar-refractivity contribution >= 4 is 10.0 Å². The third kappa shape index (κ3) is 3.05. The molecule has 15 heavy (non-hydrogen) atoms. The minimum absolute atomic E-state index is 0.0528. The highest BCUT2D eigenvalue weighted by Gasteiger charge is 2.32. The van der Waals surface area contributed by atoms with Crippen LogP contribution in [0.2, 0.25) is 0 Å². The first-order valence-corrected chi connectivity index (χ1v) is 6.92. The van der Waals surface area contributed by atoms with E-state index in [1.54, 1.807) is 20.8 Å². The van der Waals surface area contributed by atoms with Gasteiger partial charge in [0, 0.05) is 6.04 Å². The van der Waals surface area contributed by atoms with Crippen LogP contribution in [0.5, 0.6) is 0 Å². The van der Waals surface area contributed by atoms with Crippen molar-refractivity contribution in [1.29, 1.82) is 0 Å². The molecule has 1 atom stereocenters. The molecule has 1 aliphatic rings. The maximum atomic E-state index is 11.9. The lowest BCUT2D eigenvalue weighted by Gasteiger charge is -2.29. The highest BCUT2D eigenvalue weighted by molar-refractivity contribution is 7.90. The topological polar surface area (TPSA) is 46.2 Å². The molecular formula is C11H21NO2S. The normalized spacial score (nSPS) is 24.2. The molecule has 1 N–H and O–H groups in total. The maximum Gasteiger partial charge on any atom is 0.217 e. The van der Waals surface area contributed by atoms with Gasteiger partial charge in [-0.1, -0.05) is 18.6 Å². The molecule has 0 spiro atoms. The van der Waals surface area contributed by atoms with Gasteiger partial charge in [-0.2, -0.15) is 0 Å². The van der Waals surface area contributed by atoms with Gasteiger partial charge in [-0.25, -0.2) is 13.1 Å². The average Bonchev–Trinajstić information content (AvgIpc) is 2.06. The summed E-state index contributed by atoms with van der Waals surface area (Å²) in [6, 6.07) is -0.0528. The molecule has 0 bridgehead atoms. The van der Waals surface area contributed by atoms with Crippen molar-refractivity contribution in [1.82, 2.24) is 4.72 Å². The molecule has 1 rings (SSSR count). The zero-order chi connectivity index (χ0) is 11.7. The van der Waals surface area contributed by atoms with E-state index in [1.165, 1.54) is 0 Å². The van der Waals surface area contributed by atoms with Crippen molar-refractivity contribution < 1.29 is 8.42 Å². The van der Waals surface area contributed by atoms with Crippen LogP contribution in [-0.2, 0) is 10.0 Å². The van der Waals surface area contributed by atoms with Crippen molar-refractivity contribution in [2.75, 3.05) is 0 Å². The Morgan fingerprint density at radius 1 is 1.33 bits per heavy atom. The lowest BCUT2D eigenvalue weighted by Crippen LogP contribution is -2.45. The van der Waals surface area contributed by atoms with E-state index in [9.17, 15) is 8.42 Å². The van der Waals surface area contributed by atoms with Gasteiger partial charge in [-0.3, -0.25) is 0 Å². The number of hydrogen-bond acceptors (Lipinski definition) is 2. The van der Waals surface area contributed by atoms with E-state index in [0.29, 0.717) is 0 Å². The van der Waals surface area contributed by atoms with Crippen LogP contribution in [-0.4, -0.2) is 19.2 Å². The van der Waals surface area contributed by atoms with Gasteiger partial charge in [0.15, 0.2) is 0 Å². The van der Waals surface area contributed by atoms with Gasteiger partial charge >= 0.3 is 0 Å². The molecular weight excluding hydrogens is 210 g/mol. The number of sulfonamides is 1. The number of rotatable bonds is 2. The van der Waals surface area contributed by atoms with Crippen molar-refractivity contribution in [3.05, 3.63) is 12.2 Å². The summed E-state index contributed by atoms with van der Waals surface area (Å²) < 4.78 is 25.8. The molecule has 0 heterocycles. The Morgan fingerprint density at radius 3 is 2.40 bits per heavy atom. The highest BCUT2D eigenvalue weighted by atomic mass is 32.2. The van der Waals surface area contributed by atoms with E-state index in [2.05, 4.69) is 11.3 Å². The molecule has 0 aliphatic heterocycles. The van der Waals surface area contributed by atoms with Gasteiger partial charge < -0.3 is 0 Å². The summed E-state index contributed by atoms with van der Waals surface area (Å²) in [7, 11) is -3.24. The Hall–Kier alpha value is -0.350. The molecule has 0 radical (unpaired) electrons. The van der Waals surface area contributed by atoms with Crippen LogP contribution in [0.15, 0.2) is 12.2 Å². The molecule has 1 unspecified atom stereocenters. The first kappa shape index (κ1) is 12.7. The van der Waals surface area contributed by atoms with Crippen LogP contribution in [0.25, 0.3) is 0 Å². The second-order valence-electron chi connectivity index (χ2n) is 5.19. The molecule has 0 aromatic heterocycles. The predicted octanol–water partition coefficient (Wildman–Crippen LogP) is 2.20. The van der Waals surface area contributed by atoms with E-state index in [-0.39, 0.29) is 6.04 Å². The van der Waals surface area contributed by atoms with E-state index >= 15 is 0 Å². The van der Waals surface area contributed by atoms with E-state index in [0.717, 1.165) is 31.3 Å². The summed E-state index contributed by atoms with van der Waals surface area (Å²) in [5.74, 6) is 0. The summed E-state index contributed by atoms with van der Waals surface area (Å²) in [5.41, 5.74) is 1.02. The van der Waals surface area contributed by atoms with E-state index in [4.69, 9.17) is 0 Å². The summed E-state index contributed by atoms with van der Waals surface area (Å²) >= 11 is 0. The Labute approximate surface area is 93.0 Å². The van der Waals surface area contributed by atoms with E-state index in [1.807, 2.05) is 0 Å². The summed E-state index contributed by atoms with van der Waals surface area (Å²) in [5, 5.41) is 0. The fourth-order valence-corrected chi connectivity index (χ4v) is 2.60. The molecule has 0 aromatic carbocycles. The number of hydrogen-bond donors (Lipinski definition) is 1. The fourth-order valence-electron chi connectivity index (χ4n) is 1.59. The summed E-state index contributed by atoms with van der Waals surface area (Å²) in [6.07, 6.45) is 4.04. The van der Waals surface area contributed by atoms with Crippen LogP contribution in [0.4, 0.5) is 0 Å². The molecule has 0 amide bonds. The van der Waals surface area contributed by atoms with Crippen molar-refractivity contribution in [3.8, 4) is 0 Å². The summed E-state index contributed by atoms with van der Waals surface area (Å²) in [4.78, 5) is 0. The minimum atomic E-state index is -3.24. The van der Waals surface area contributed by atoms with Crippen LogP contribution >= 0.6 is 0 Å². The molecule has 3 nitrogen and oxygen atoms in total. The molecule has 0 saturated heterocycles. The predicted molar refractivity (Wildman–Crippen MR) is 63.2 cm³/mol. The molecule has 1 aliphatic carbocycles. The lowest BCUT2D eigenvalue weighted by atomic mass is 9.92. The Bertz CT molecular complexity index is 338. The molecule has 1 saturated carbocycles. The molecule has 0 aromatic rings. The highest BCUT2D eigenvalue weighted by Crippen LogP contribution is 2.24. The second kappa shape index (κ2) is 4.26. The monoisotopic (exact) mass is 231 g/mol. The Balaban J connectivity index is 2.73. The Kier molecular flexibility index (Phi) is 3.61. The summed E-state index contributed by atoms with van der Waals surface area (Å²) in [6.45, 7) is 9.06. The smallest absolute Gasteiger partial charge is 0.212 e. The van der Waals surface area contributed by atoms with Gasteiger partial charge in [0.2, 0.25) is 10.0 Å². The first-order chi connectivity index (χ1) is 6.74. The van der Waals surface area contributed by atoms with Crippen molar-refractivity contribution in [2.45, 2.75) is 57.2 Å². The van der Waals surface area contributed by atoms with Gasteiger partial charge in [0.25, 0.3) is 0 Å². The third-order valence-electron chi connectivity index (χ3n) is 2.84. The van der Waals surface area contributed by atoms with Crippen LogP contribution in [0.1, 0.15) is 46.5 Å². The SMILES string of the molecule is C=C1CCCCC1NS(=O)(=O)C(C)(C)C. The van der Waals surface area contributed by atoms with Crippen molar-refractivity contribution in [3.63, 3.8) is 0 Å². The zero-order valence-electron chi connectivity index (χ0n) is 9.84. The van der Waals surface area contributed by atoms with Crippen LogP contribution in [0, 0.1) is 0 Å². The van der Waals surface area contributed by atoms with Gasteiger partial charge in [-0.05, 0) is 40.0 Å². The van der Waals surface area contributed by atoms with Gasteiger partial charge in [-0.15, -0.1) is 0 Å². The van der Waals surface area contributed by atoms with Crippen molar-refractivity contribution in [2.24, 2.45) is 0 Å². The van der Waals surface area contributed by atoms with Gasteiger partial charge in [0.05, 0.1) is 4.75 Å². The van der Waals surface area contributed by atoms with Crippen LogP contribution in [0.3, 0.4) is 0 Å². The second-order valence-corrected chi connectivity index (χ2v) is 7.66. The van der Waals surface area contributed by atoms with Gasteiger partial charge in [0.1, 0.15) is 0 Å². The Morgan fingerprint density at radius 2 is 1.93 bits per heavy atom. The molecule has 88 valence electrons. The first-order valence-electron chi connectivity index (χ1n) is 5.43.